The first-order valence-electron chi connectivity index (χ1n) is 6.63. The van der Waals surface area contributed by atoms with Crippen LogP contribution in [0, 0.1) is 17.3 Å². The van der Waals surface area contributed by atoms with Crippen LogP contribution in [-0.2, 0) is 9.59 Å². The fourth-order valence-corrected chi connectivity index (χ4v) is 3.15. The third-order valence-corrected chi connectivity index (χ3v) is 3.87. The highest BCUT2D eigenvalue weighted by molar-refractivity contribution is 5.86. The molecule has 18 heavy (non-hydrogen) atoms. The van der Waals surface area contributed by atoms with Gasteiger partial charge in [0.15, 0.2) is 0 Å². The predicted molar refractivity (Wildman–Crippen MR) is 68.3 cm³/mol. The molecule has 0 amide bonds. The molecule has 1 aliphatic carbocycles. The summed E-state index contributed by atoms with van der Waals surface area (Å²) in [5.74, 6) is -2.86. The summed E-state index contributed by atoms with van der Waals surface area (Å²) < 4.78 is 0. The van der Waals surface area contributed by atoms with Crippen molar-refractivity contribution < 1.29 is 19.8 Å². The van der Waals surface area contributed by atoms with Crippen molar-refractivity contribution in [3.05, 3.63) is 12.2 Å². The second-order valence-corrected chi connectivity index (χ2v) is 5.10. The molecule has 0 aromatic carbocycles. The number of aliphatic carboxylic acids is 2. The highest BCUT2D eigenvalue weighted by Gasteiger charge is 2.51. The molecule has 4 nitrogen and oxygen atoms in total. The molecular weight excluding hydrogens is 232 g/mol. The Labute approximate surface area is 108 Å². The average molecular weight is 254 g/mol. The molecule has 3 atom stereocenters. The van der Waals surface area contributed by atoms with Crippen LogP contribution in [-0.4, -0.2) is 22.2 Å². The van der Waals surface area contributed by atoms with Gasteiger partial charge >= 0.3 is 11.9 Å². The Morgan fingerprint density at radius 2 is 1.94 bits per heavy atom. The summed E-state index contributed by atoms with van der Waals surface area (Å²) in [6, 6.07) is 0. The monoisotopic (exact) mass is 254 g/mol. The topological polar surface area (TPSA) is 74.6 Å². The van der Waals surface area contributed by atoms with Gasteiger partial charge in [-0.05, 0) is 25.2 Å². The first-order chi connectivity index (χ1) is 8.49. The van der Waals surface area contributed by atoms with Crippen LogP contribution >= 0.6 is 0 Å². The summed E-state index contributed by atoms with van der Waals surface area (Å²) in [5, 5.41) is 19.0. The van der Waals surface area contributed by atoms with Gasteiger partial charge in [-0.3, -0.25) is 9.59 Å². The average Bonchev–Trinajstić information content (AvgIpc) is 2.29. The summed E-state index contributed by atoms with van der Waals surface area (Å²) in [4.78, 5) is 23.2. The fraction of sp³-hybridized carbons (Fsp3) is 0.714. The highest BCUT2D eigenvalue weighted by Crippen LogP contribution is 2.45. The minimum atomic E-state index is -1.22. The van der Waals surface area contributed by atoms with E-state index >= 15 is 0 Å². The van der Waals surface area contributed by atoms with E-state index in [1.165, 1.54) is 0 Å². The van der Waals surface area contributed by atoms with Gasteiger partial charge in [-0.2, -0.15) is 0 Å². The SMILES string of the molecule is CCCC1CC=CC(CCC)(C(=O)O)C1C(=O)O. The second kappa shape index (κ2) is 6.03. The van der Waals surface area contributed by atoms with E-state index in [1.54, 1.807) is 6.08 Å². The second-order valence-electron chi connectivity index (χ2n) is 5.10. The Bertz CT molecular complexity index is 348. The largest absolute Gasteiger partial charge is 0.481 e. The Morgan fingerprint density at radius 3 is 2.39 bits per heavy atom. The minimum Gasteiger partial charge on any atom is -0.481 e. The van der Waals surface area contributed by atoms with Crippen LogP contribution in [0.2, 0.25) is 0 Å². The lowest BCUT2D eigenvalue weighted by Crippen LogP contribution is -2.46. The molecule has 0 bridgehead atoms. The van der Waals surface area contributed by atoms with Gasteiger partial charge < -0.3 is 10.2 Å². The molecular formula is C14H22O4. The van der Waals surface area contributed by atoms with Gasteiger partial charge in [0.1, 0.15) is 0 Å². The van der Waals surface area contributed by atoms with E-state index in [0.29, 0.717) is 19.3 Å². The molecule has 0 aromatic heterocycles. The lowest BCUT2D eigenvalue weighted by Gasteiger charge is -2.39. The summed E-state index contributed by atoms with van der Waals surface area (Å²) in [6.07, 6.45) is 6.83. The maximum atomic E-state index is 11.6. The zero-order valence-electron chi connectivity index (χ0n) is 11.1. The molecule has 0 radical (unpaired) electrons. The van der Waals surface area contributed by atoms with Crippen LogP contribution in [0.15, 0.2) is 12.2 Å². The highest BCUT2D eigenvalue weighted by atomic mass is 16.4. The lowest BCUT2D eigenvalue weighted by atomic mass is 9.62. The van der Waals surface area contributed by atoms with Gasteiger partial charge in [0, 0.05) is 0 Å². The number of carboxylic acid groups (broad SMARTS) is 2. The molecule has 0 aliphatic heterocycles. The smallest absolute Gasteiger partial charge is 0.314 e. The Balaban J connectivity index is 3.19. The van der Waals surface area contributed by atoms with Crippen molar-refractivity contribution in [2.24, 2.45) is 17.3 Å². The van der Waals surface area contributed by atoms with Crippen molar-refractivity contribution in [2.45, 2.75) is 46.0 Å². The van der Waals surface area contributed by atoms with Gasteiger partial charge in [-0.1, -0.05) is 38.8 Å². The van der Waals surface area contributed by atoms with Crippen molar-refractivity contribution in [2.75, 3.05) is 0 Å². The quantitative estimate of drug-likeness (QED) is 0.715. The van der Waals surface area contributed by atoms with Crippen LogP contribution in [0.3, 0.4) is 0 Å². The van der Waals surface area contributed by atoms with Gasteiger partial charge in [-0.15, -0.1) is 0 Å². The molecule has 2 N–H and O–H groups in total. The summed E-state index contributed by atoms with van der Waals surface area (Å²) in [6.45, 7) is 3.89. The van der Waals surface area contributed by atoms with Crippen molar-refractivity contribution >= 4 is 11.9 Å². The van der Waals surface area contributed by atoms with Crippen molar-refractivity contribution in [1.29, 1.82) is 0 Å². The molecule has 0 spiro atoms. The first kappa shape index (κ1) is 14.7. The number of carboxylic acids is 2. The van der Waals surface area contributed by atoms with E-state index in [1.807, 2.05) is 19.9 Å². The van der Waals surface area contributed by atoms with Crippen molar-refractivity contribution in [1.82, 2.24) is 0 Å². The minimum absolute atomic E-state index is 0.0693. The molecule has 0 fully saturated rings. The molecule has 0 saturated carbocycles. The fourth-order valence-electron chi connectivity index (χ4n) is 3.15. The van der Waals surface area contributed by atoms with Crippen LogP contribution < -0.4 is 0 Å². The molecule has 3 unspecified atom stereocenters. The number of carbonyl (C=O) groups is 2. The van der Waals surface area contributed by atoms with Gasteiger partial charge in [-0.25, -0.2) is 0 Å². The van der Waals surface area contributed by atoms with Crippen LogP contribution in [0.25, 0.3) is 0 Å². The number of rotatable bonds is 6. The van der Waals surface area contributed by atoms with Gasteiger partial charge in [0.05, 0.1) is 11.3 Å². The van der Waals surface area contributed by atoms with E-state index in [9.17, 15) is 19.8 Å². The van der Waals surface area contributed by atoms with Crippen LogP contribution in [0.1, 0.15) is 46.0 Å². The van der Waals surface area contributed by atoms with E-state index in [2.05, 4.69) is 0 Å². The van der Waals surface area contributed by atoms with Crippen molar-refractivity contribution in [3.63, 3.8) is 0 Å². The summed E-state index contributed by atoms with van der Waals surface area (Å²) in [5.41, 5.74) is -1.22. The predicted octanol–water partition coefficient (Wildman–Crippen LogP) is 2.93. The van der Waals surface area contributed by atoms with Crippen LogP contribution in [0.4, 0.5) is 0 Å². The number of hydrogen-bond donors (Lipinski definition) is 2. The molecule has 0 aromatic rings. The lowest BCUT2D eigenvalue weighted by molar-refractivity contribution is -0.163. The van der Waals surface area contributed by atoms with E-state index < -0.39 is 23.3 Å². The maximum Gasteiger partial charge on any atom is 0.314 e. The molecule has 102 valence electrons. The molecule has 0 saturated heterocycles. The molecule has 4 heteroatoms. The normalized spacial score (nSPS) is 31.2. The standard InChI is InChI=1S/C14H22O4/c1-3-6-10-7-5-9-14(8-4-2,13(17)18)11(10)12(15)16/h5,9-11H,3-4,6-8H2,1-2H3,(H,15,16)(H,17,18). The summed E-state index contributed by atoms with van der Waals surface area (Å²) >= 11 is 0. The van der Waals surface area contributed by atoms with Gasteiger partial charge in [0.25, 0.3) is 0 Å². The van der Waals surface area contributed by atoms with E-state index in [0.717, 1.165) is 12.8 Å². The Hall–Kier alpha value is -1.32. The third-order valence-electron chi connectivity index (χ3n) is 3.87. The third kappa shape index (κ3) is 2.57. The van der Waals surface area contributed by atoms with Gasteiger partial charge in [0.2, 0.25) is 0 Å². The van der Waals surface area contributed by atoms with E-state index in [-0.39, 0.29) is 5.92 Å². The Morgan fingerprint density at radius 1 is 1.28 bits per heavy atom. The zero-order chi connectivity index (χ0) is 13.8. The molecule has 1 rings (SSSR count). The Kier molecular flexibility index (Phi) is 4.93. The molecule has 1 aliphatic rings. The number of allylic oxidation sites excluding steroid dienone is 1. The zero-order valence-corrected chi connectivity index (χ0v) is 11.1. The maximum absolute atomic E-state index is 11.6. The first-order valence-corrected chi connectivity index (χ1v) is 6.63. The number of hydrogen-bond acceptors (Lipinski definition) is 2. The van der Waals surface area contributed by atoms with Crippen molar-refractivity contribution in [3.8, 4) is 0 Å². The molecule has 0 heterocycles. The van der Waals surface area contributed by atoms with Crippen LogP contribution in [0.5, 0.6) is 0 Å². The summed E-state index contributed by atoms with van der Waals surface area (Å²) in [7, 11) is 0. The van der Waals surface area contributed by atoms with E-state index in [4.69, 9.17) is 0 Å².